The summed E-state index contributed by atoms with van der Waals surface area (Å²) in [5, 5.41) is 21.3. The summed E-state index contributed by atoms with van der Waals surface area (Å²) in [4.78, 5) is 13.4. The Morgan fingerprint density at radius 3 is 2.65 bits per heavy atom. The Bertz CT molecular complexity index is 1430. The topological polar surface area (TPSA) is 105 Å². The highest BCUT2D eigenvalue weighted by Gasteiger charge is 2.24. The molecule has 1 aromatic heterocycles. The van der Waals surface area contributed by atoms with Crippen LogP contribution in [0.2, 0.25) is 0 Å². The molecule has 1 fully saturated rings. The van der Waals surface area contributed by atoms with Gasteiger partial charge in [0.2, 0.25) is 0 Å². The van der Waals surface area contributed by atoms with Crippen molar-refractivity contribution in [2.45, 2.75) is 32.4 Å². The quantitative estimate of drug-likeness (QED) is 0.218. The zero-order valence-corrected chi connectivity index (χ0v) is 22.2. The summed E-state index contributed by atoms with van der Waals surface area (Å²) < 4.78 is 2.30. The molecule has 0 aliphatic heterocycles. The molecule has 4 aromatic rings. The smallest absolute Gasteiger partial charge is 0.274 e. The number of hydrogen-bond acceptors (Lipinski definition) is 5. The molecule has 5 rings (SSSR count). The van der Waals surface area contributed by atoms with Crippen LogP contribution in [0.1, 0.15) is 51.8 Å². The van der Waals surface area contributed by atoms with Crippen LogP contribution in [0.25, 0.3) is 5.69 Å². The second kappa shape index (κ2) is 10.9. The van der Waals surface area contributed by atoms with Gasteiger partial charge < -0.3 is 21.5 Å². The fourth-order valence-electron chi connectivity index (χ4n) is 4.40. The molecule has 1 atom stereocenters. The summed E-state index contributed by atoms with van der Waals surface area (Å²) in [5.74, 6) is 0.660. The van der Waals surface area contributed by atoms with E-state index >= 15 is 0 Å². The maximum Gasteiger partial charge on any atom is 0.274 e. The standard InChI is InChI=1S/C29H30BrN5O2/c1-18-12-26(35(34-18)24-7-2-4-20(13-24)16-31)29(37)33-23-6-3-5-21(14-23)28(32-17-19-8-9-19)22-10-11-27(36)25(30)15-22/h2-7,10-15,19,28,32,36H,8-9,16-17,31H2,1H3,(H,33,37). The lowest BCUT2D eigenvalue weighted by Crippen LogP contribution is -2.25. The molecule has 5 N–H and O–H groups in total. The van der Waals surface area contributed by atoms with Gasteiger partial charge in [-0.2, -0.15) is 5.10 Å². The van der Waals surface area contributed by atoms with Crippen molar-refractivity contribution in [3.63, 3.8) is 0 Å². The molecule has 0 saturated heterocycles. The van der Waals surface area contributed by atoms with Gasteiger partial charge in [0.1, 0.15) is 11.4 Å². The molecule has 8 heteroatoms. The van der Waals surface area contributed by atoms with E-state index in [0.717, 1.165) is 34.6 Å². The van der Waals surface area contributed by atoms with Gasteiger partial charge in [0.15, 0.2) is 0 Å². The predicted molar refractivity (Wildman–Crippen MR) is 149 cm³/mol. The molecule has 0 spiro atoms. The summed E-state index contributed by atoms with van der Waals surface area (Å²) >= 11 is 3.44. The first-order valence-corrected chi connectivity index (χ1v) is 13.2. The SMILES string of the molecule is Cc1cc(C(=O)Nc2cccc(C(NCC3CC3)c3ccc(O)c(Br)c3)c2)n(-c2cccc(CN)c2)n1. The van der Waals surface area contributed by atoms with Crippen LogP contribution in [0, 0.1) is 12.8 Å². The van der Waals surface area contributed by atoms with Gasteiger partial charge in [0.05, 0.1) is 21.9 Å². The molecule has 37 heavy (non-hydrogen) atoms. The molecule has 1 unspecified atom stereocenters. The first-order valence-electron chi connectivity index (χ1n) is 12.4. The van der Waals surface area contributed by atoms with E-state index in [4.69, 9.17) is 5.73 Å². The maximum atomic E-state index is 13.4. The number of halogens is 1. The number of aromatic hydroxyl groups is 1. The van der Waals surface area contributed by atoms with Crippen LogP contribution >= 0.6 is 15.9 Å². The third-order valence-corrected chi connectivity index (χ3v) is 7.18. The number of amides is 1. The summed E-state index contributed by atoms with van der Waals surface area (Å²) in [6, 6.07) is 22.8. The highest BCUT2D eigenvalue weighted by atomic mass is 79.9. The number of aryl methyl sites for hydroxylation is 1. The summed E-state index contributed by atoms with van der Waals surface area (Å²) in [7, 11) is 0. The van der Waals surface area contributed by atoms with Gasteiger partial charge in [-0.1, -0.05) is 30.3 Å². The van der Waals surface area contributed by atoms with Crippen LogP contribution in [0.3, 0.4) is 0 Å². The van der Waals surface area contributed by atoms with Crippen LogP contribution in [0.4, 0.5) is 5.69 Å². The molecule has 0 bridgehead atoms. The van der Waals surface area contributed by atoms with E-state index < -0.39 is 0 Å². The van der Waals surface area contributed by atoms with E-state index in [0.29, 0.717) is 28.3 Å². The van der Waals surface area contributed by atoms with Gasteiger partial charge in [-0.15, -0.1) is 0 Å². The zero-order chi connectivity index (χ0) is 25.9. The Labute approximate surface area is 224 Å². The first kappa shape index (κ1) is 25.2. The van der Waals surface area contributed by atoms with E-state index in [9.17, 15) is 9.90 Å². The average molecular weight is 560 g/mol. The number of carbonyl (C=O) groups excluding carboxylic acids is 1. The number of rotatable bonds is 9. The molecule has 1 amide bonds. The van der Waals surface area contributed by atoms with Gasteiger partial charge >= 0.3 is 0 Å². The fraction of sp³-hybridized carbons (Fsp3) is 0.241. The monoisotopic (exact) mass is 559 g/mol. The predicted octanol–water partition coefficient (Wildman–Crippen LogP) is 5.45. The number of aromatic nitrogens is 2. The second-order valence-corrected chi connectivity index (χ2v) is 10.4. The van der Waals surface area contributed by atoms with Crippen LogP contribution in [-0.2, 0) is 6.54 Å². The molecule has 1 aliphatic rings. The minimum atomic E-state index is -0.245. The van der Waals surface area contributed by atoms with Crippen molar-refractivity contribution < 1.29 is 9.90 Å². The van der Waals surface area contributed by atoms with Gasteiger partial charge in [0.25, 0.3) is 5.91 Å². The van der Waals surface area contributed by atoms with E-state index in [-0.39, 0.29) is 17.7 Å². The summed E-state index contributed by atoms with van der Waals surface area (Å²) in [5.41, 5.74) is 11.5. The minimum absolute atomic E-state index is 0.0823. The van der Waals surface area contributed by atoms with Crippen LogP contribution in [0.5, 0.6) is 5.75 Å². The van der Waals surface area contributed by atoms with Gasteiger partial charge in [-0.05, 0) is 107 Å². The van der Waals surface area contributed by atoms with Crippen LogP contribution in [0.15, 0.2) is 77.3 Å². The lowest BCUT2D eigenvalue weighted by Gasteiger charge is -2.21. The number of carbonyl (C=O) groups is 1. The fourth-order valence-corrected chi connectivity index (χ4v) is 4.80. The molecule has 1 aliphatic carbocycles. The van der Waals surface area contributed by atoms with Crippen molar-refractivity contribution in [3.05, 3.63) is 105 Å². The molecular formula is C29H30BrN5O2. The van der Waals surface area contributed by atoms with Crippen molar-refractivity contribution in [1.29, 1.82) is 0 Å². The largest absolute Gasteiger partial charge is 0.507 e. The van der Waals surface area contributed by atoms with E-state index in [2.05, 4.69) is 31.7 Å². The molecule has 190 valence electrons. The number of phenols is 1. The Morgan fingerprint density at radius 2 is 1.89 bits per heavy atom. The highest BCUT2D eigenvalue weighted by Crippen LogP contribution is 2.33. The molecule has 7 nitrogen and oxygen atoms in total. The molecule has 1 heterocycles. The number of benzene rings is 3. The summed E-state index contributed by atoms with van der Waals surface area (Å²) in [6.07, 6.45) is 2.49. The Kier molecular flexibility index (Phi) is 7.41. The molecular weight excluding hydrogens is 530 g/mol. The average Bonchev–Trinajstić information content (AvgIpc) is 3.65. The Hall–Kier alpha value is -3.46. The summed E-state index contributed by atoms with van der Waals surface area (Å²) in [6.45, 7) is 3.20. The van der Waals surface area contributed by atoms with Crippen molar-refractivity contribution in [3.8, 4) is 11.4 Å². The number of nitrogens with zero attached hydrogens (tertiary/aromatic N) is 2. The van der Waals surface area contributed by atoms with Crippen LogP contribution in [-0.4, -0.2) is 27.3 Å². The number of anilines is 1. The third-order valence-electron chi connectivity index (χ3n) is 6.55. The Morgan fingerprint density at radius 1 is 1.11 bits per heavy atom. The Balaban J connectivity index is 1.42. The highest BCUT2D eigenvalue weighted by molar-refractivity contribution is 9.10. The van der Waals surface area contributed by atoms with Crippen molar-refractivity contribution >= 4 is 27.5 Å². The second-order valence-electron chi connectivity index (χ2n) is 9.53. The lowest BCUT2D eigenvalue weighted by molar-refractivity contribution is 0.101. The van der Waals surface area contributed by atoms with Gasteiger partial charge in [-0.25, -0.2) is 4.68 Å². The van der Waals surface area contributed by atoms with Gasteiger partial charge in [-0.3, -0.25) is 4.79 Å². The normalized spacial score (nSPS) is 13.9. The minimum Gasteiger partial charge on any atom is -0.507 e. The lowest BCUT2D eigenvalue weighted by atomic mass is 9.97. The molecule has 0 radical (unpaired) electrons. The number of nitrogens with one attached hydrogen (secondary N) is 2. The first-order chi connectivity index (χ1) is 17.9. The zero-order valence-electron chi connectivity index (χ0n) is 20.6. The van der Waals surface area contributed by atoms with Crippen LogP contribution < -0.4 is 16.4 Å². The molecule has 1 saturated carbocycles. The third kappa shape index (κ3) is 5.93. The maximum absolute atomic E-state index is 13.4. The molecule has 3 aromatic carbocycles. The van der Waals surface area contributed by atoms with Crippen molar-refractivity contribution in [2.75, 3.05) is 11.9 Å². The van der Waals surface area contributed by atoms with Crippen molar-refractivity contribution in [2.24, 2.45) is 11.7 Å². The van der Waals surface area contributed by atoms with E-state index in [1.54, 1.807) is 16.8 Å². The van der Waals surface area contributed by atoms with E-state index in [1.807, 2.05) is 67.6 Å². The number of hydrogen-bond donors (Lipinski definition) is 4. The van der Waals surface area contributed by atoms with E-state index in [1.165, 1.54) is 12.8 Å². The number of nitrogens with two attached hydrogens (primary N) is 1. The van der Waals surface area contributed by atoms with Crippen molar-refractivity contribution in [1.82, 2.24) is 15.1 Å². The van der Waals surface area contributed by atoms with Gasteiger partial charge in [0, 0.05) is 12.2 Å². The number of phenolic OH excluding ortho intramolecular Hbond substituents is 1.